The van der Waals surface area contributed by atoms with Gasteiger partial charge in [-0.25, -0.2) is 9.79 Å². The van der Waals surface area contributed by atoms with E-state index in [1.54, 1.807) is 7.05 Å². The summed E-state index contributed by atoms with van der Waals surface area (Å²) in [6.07, 6.45) is 0. The molecule has 2 aromatic carbocycles. The van der Waals surface area contributed by atoms with Crippen LogP contribution in [0.4, 0.5) is 5.82 Å². The van der Waals surface area contributed by atoms with E-state index in [4.69, 9.17) is 4.99 Å². The summed E-state index contributed by atoms with van der Waals surface area (Å²) in [6, 6.07) is 9.56. The number of carbonyl (C=O) groups excluding carboxylic acids is 1. The van der Waals surface area contributed by atoms with Crippen molar-refractivity contribution >= 4 is 17.3 Å². The van der Waals surface area contributed by atoms with E-state index in [-0.39, 0.29) is 5.78 Å². The number of rotatable bonds is 1. The lowest BCUT2D eigenvalue weighted by Gasteiger charge is -2.32. The molecule has 0 saturated heterocycles. The van der Waals surface area contributed by atoms with Crippen molar-refractivity contribution in [3.8, 4) is 0 Å². The van der Waals surface area contributed by atoms with E-state index < -0.39 is 23.1 Å². The standard InChI is InChI=1S/C26H25N3O3/c1-12-11-13(2)18(15(4)14(12)3)19-20-22(16-9-7-8-10-17(16)23(20)30)27-24-21(19)25(31)29(6)26(32)28(24)5/h7-11,19-20H,1-6H3/t19-,20+/m0/s1. The van der Waals surface area contributed by atoms with Crippen LogP contribution in [0.1, 0.15) is 55.2 Å². The monoisotopic (exact) mass is 427 g/mol. The Hall–Kier alpha value is -3.54. The second-order valence-electron chi connectivity index (χ2n) is 8.98. The zero-order valence-corrected chi connectivity index (χ0v) is 19.1. The Morgan fingerprint density at radius 1 is 0.781 bits per heavy atom. The van der Waals surface area contributed by atoms with Crippen LogP contribution in [0.15, 0.2) is 44.9 Å². The molecule has 0 saturated carbocycles. The molecule has 1 aliphatic heterocycles. The second-order valence-corrected chi connectivity index (χ2v) is 8.98. The Labute approximate surface area is 185 Å². The number of nitrogens with zero attached hydrogens (tertiary/aromatic N) is 3. The van der Waals surface area contributed by atoms with Crippen LogP contribution in [0.25, 0.3) is 0 Å². The first-order valence-corrected chi connectivity index (χ1v) is 10.7. The Balaban J connectivity index is 1.96. The maximum absolute atomic E-state index is 13.7. The summed E-state index contributed by atoms with van der Waals surface area (Å²) in [5.41, 5.74) is 7.02. The first-order chi connectivity index (χ1) is 15.1. The van der Waals surface area contributed by atoms with Crippen molar-refractivity contribution in [2.24, 2.45) is 25.0 Å². The number of ketones is 1. The van der Waals surface area contributed by atoms with Gasteiger partial charge in [0.15, 0.2) is 5.78 Å². The summed E-state index contributed by atoms with van der Waals surface area (Å²) < 4.78 is 2.54. The quantitative estimate of drug-likeness (QED) is 0.598. The molecule has 5 rings (SSSR count). The van der Waals surface area contributed by atoms with E-state index in [9.17, 15) is 14.4 Å². The first kappa shape index (κ1) is 20.4. The van der Waals surface area contributed by atoms with Crippen LogP contribution < -0.4 is 11.2 Å². The molecule has 0 amide bonds. The minimum absolute atomic E-state index is 0.0251. The van der Waals surface area contributed by atoms with Crippen molar-refractivity contribution in [1.82, 2.24) is 9.13 Å². The van der Waals surface area contributed by atoms with Gasteiger partial charge in [0.1, 0.15) is 5.82 Å². The van der Waals surface area contributed by atoms with Gasteiger partial charge in [-0.3, -0.25) is 18.7 Å². The minimum atomic E-state index is -0.593. The molecular formula is C26H25N3O3. The number of aromatic nitrogens is 2. The van der Waals surface area contributed by atoms with Crippen molar-refractivity contribution in [2.45, 2.75) is 33.6 Å². The number of Topliss-reactive ketones (excluding diaryl/α,β-unsaturated/α-hetero) is 1. The van der Waals surface area contributed by atoms with Crippen LogP contribution >= 0.6 is 0 Å². The van der Waals surface area contributed by atoms with Gasteiger partial charge in [-0.2, -0.15) is 0 Å². The highest BCUT2D eigenvalue weighted by atomic mass is 16.2. The Bertz CT molecular complexity index is 1500. The van der Waals surface area contributed by atoms with E-state index in [1.807, 2.05) is 31.2 Å². The van der Waals surface area contributed by atoms with Gasteiger partial charge in [-0.15, -0.1) is 0 Å². The third-order valence-electron chi connectivity index (χ3n) is 7.31. The van der Waals surface area contributed by atoms with Crippen LogP contribution in [-0.2, 0) is 14.1 Å². The third kappa shape index (κ3) is 2.46. The molecule has 6 heteroatoms. The molecule has 0 N–H and O–H groups in total. The van der Waals surface area contributed by atoms with Crippen LogP contribution in [0.3, 0.4) is 0 Å². The maximum atomic E-state index is 13.7. The maximum Gasteiger partial charge on any atom is 0.332 e. The number of aliphatic imine (C=N–C) groups is 1. The first-order valence-electron chi connectivity index (χ1n) is 10.7. The number of benzene rings is 2. The van der Waals surface area contributed by atoms with Crippen molar-refractivity contribution in [3.05, 3.63) is 95.7 Å². The van der Waals surface area contributed by atoms with Gasteiger partial charge in [-0.05, 0) is 55.5 Å². The largest absolute Gasteiger partial charge is 0.332 e. The molecule has 0 spiro atoms. The smallest absolute Gasteiger partial charge is 0.293 e. The summed E-state index contributed by atoms with van der Waals surface area (Å²) in [6.45, 7) is 8.21. The number of carbonyl (C=O) groups is 1. The van der Waals surface area contributed by atoms with Crippen molar-refractivity contribution in [1.29, 1.82) is 0 Å². The number of aryl methyl sites for hydroxylation is 2. The summed E-state index contributed by atoms with van der Waals surface area (Å²) in [4.78, 5) is 44.7. The molecule has 1 aromatic heterocycles. The lowest BCUT2D eigenvalue weighted by atomic mass is 9.73. The highest BCUT2D eigenvalue weighted by Crippen LogP contribution is 2.48. The molecule has 32 heavy (non-hydrogen) atoms. The zero-order valence-electron chi connectivity index (χ0n) is 19.1. The Morgan fingerprint density at radius 3 is 2.12 bits per heavy atom. The van der Waals surface area contributed by atoms with Gasteiger partial charge in [0, 0.05) is 31.1 Å². The predicted octanol–water partition coefficient (Wildman–Crippen LogP) is 3.40. The molecule has 2 atom stereocenters. The van der Waals surface area contributed by atoms with Crippen molar-refractivity contribution in [3.63, 3.8) is 0 Å². The molecule has 1 aliphatic carbocycles. The van der Waals surface area contributed by atoms with Gasteiger partial charge >= 0.3 is 5.69 Å². The molecule has 162 valence electrons. The molecule has 0 unspecified atom stereocenters. The number of hydrogen-bond acceptors (Lipinski definition) is 4. The average Bonchev–Trinajstić information content (AvgIpc) is 3.06. The molecule has 0 bridgehead atoms. The molecule has 6 nitrogen and oxygen atoms in total. The number of fused-ring (bicyclic) bond motifs is 4. The molecular weight excluding hydrogens is 402 g/mol. The molecule has 0 radical (unpaired) electrons. The normalized spacial score (nSPS) is 18.8. The van der Waals surface area contributed by atoms with Crippen LogP contribution in [0, 0.1) is 33.6 Å². The van der Waals surface area contributed by atoms with E-state index in [1.165, 1.54) is 17.2 Å². The van der Waals surface area contributed by atoms with Gasteiger partial charge in [-0.1, -0.05) is 30.3 Å². The van der Waals surface area contributed by atoms with Gasteiger partial charge < -0.3 is 0 Å². The fourth-order valence-electron chi connectivity index (χ4n) is 5.46. The lowest BCUT2D eigenvalue weighted by Crippen LogP contribution is -2.43. The van der Waals surface area contributed by atoms with Gasteiger partial charge in [0.2, 0.25) is 0 Å². The fourth-order valence-corrected chi connectivity index (χ4v) is 5.46. The van der Waals surface area contributed by atoms with E-state index in [0.29, 0.717) is 22.7 Å². The molecule has 0 fully saturated rings. The Kier molecular flexibility index (Phi) is 4.28. The SMILES string of the molecule is Cc1cc(C)c([C@@H]2c3c(n(C)c(=O)n(C)c3=O)N=C3c4ccccc4C(=O)[C@@H]32)c(C)c1C. The topological polar surface area (TPSA) is 73.4 Å². The van der Waals surface area contributed by atoms with Crippen LogP contribution in [0.5, 0.6) is 0 Å². The number of hydrogen-bond donors (Lipinski definition) is 0. The predicted molar refractivity (Wildman–Crippen MR) is 125 cm³/mol. The minimum Gasteiger partial charge on any atom is -0.293 e. The van der Waals surface area contributed by atoms with E-state index in [2.05, 4.69) is 26.8 Å². The summed E-state index contributed by atoms with van der Waals surface area (Å²) in [7, 11) is 3.11. The van der Waals surface area contributed by atoms with Gasteiger partial charge in [0.25, 0.3) is 5.56 Å². The fraction of sp³-hybridized carbons (Fsp3) is 0.308. The lowest BCUT2D eigenvalue weighted by molar-refractivity contribution is 0.0953. The molecule has 3 aromatic rings. The average molecular weight is 428 g/mol. The van der Waals surface area contributed by atoms with E-state index in [0.717, 1.165) is 32.4 Å². The van der Waals surface area contributed by atoms with Crippen molar-refractivity contribution < 1.29 is 4.79 Å². The summed E-state index contributed by atoms with van der Waals surface area (Å²) in [5, 5.41) is 0. The van der Waals surface area contributed by atoms with Crippen LogP contribution in [-0.4, -0.2) is 20.6 Å². The summed E-state index contributed by atoms with van der Waals surface area (Å²) >= 11 is 0. The highest BCUT2D eigenvalue weighted by Gasteiger charge is 2.48. The third-order valence-corrected chi connectivity index (χ3v) is 7.31. The van der Waals surface area contributed by atoms with Crippen LogP contribution in [0.2, 0.25) is 0 Å². The molecule has 2 heterocycles. The second kappa shape index (κ2) is 6.73. The van der Waals surface area contributed by atoms with E-state index >= 15 is 0 Å². The zero-order chi connectivity index (χ0) is 23.1. The Morgan fingerprint density at radius 2 is 1.44 bits per heavy atom. The summed E-state index contributed by atoms with van der Waals surface area (Å²) in [5.74, 6) is -0.786. The molecule has 2 aliphatic rings. The van der Waals surface area contributed by atoms with Crippen molar-refractivity contribution in [2.75, 3.05) is 0 Å². The highest BCUT2D eigenvalue weighted by molar-refractivity contribution is 6.30. The van der Waals surface area contributed by atoms with Gasteiger partial charge in [0.05, 0.1) is 17.2 Å².